The Hall–Kier alpha value is -0.480. The lowest BCUT2D eigenvalue weighted by atomic mass is 9.95. The fourth-order valence-corrected chi connectivity index (χ4v) is 3.23. The van der Waals surface area contributed by atoms with E-state index in [0.717, 1.165) is 5.82 Å². The number of nitrogens with one attached hydrogen (secondary N) is 1. The highest BCUT2D eigenvalue weighted by atomic mass is 35.5. The van der Waals surface area contributed by atoms with Gasteiger partial charge in [-0.15, -0.1) is 0 Å². The van der Waals surface area contributed by atoms with Crippen molar-refractivity contribution in [2.24, 2.45) is 0 Å². The van der Waals surface area contributed by atoms with E-state index in [2.05, 4.69) is 21.5 Å². The zero-order chi connectivity index (χ0) is 11.4. The molecule has 0 aromatic carbocycles. The van der Waals surface area contributed by atoms with Crippen molar-refractivity contribution in [3.8, 4) is 0 Å². The van der Waals surface area contributed by atoms with Crippen LogP contribution in [-0.4, -0.2) is 27.5 Å². The molecule has 88 valence electrons. The minimum atomic E-state index is 0.466. The van der Waals surface area contributed by atoms with Crippen LogP contribution >= 0.6 is 23.4 Å². The van der Waals surface area contributed by atoms with Gasteiger partial charge < -0.3 is 5.32 Å². The molecule has 1 fully saturated rings. The predicted molar refractivity (Wildman–Crippen MR) is 70.2 cm³/mol. The minimum Gasteiger partial charge on any atom is -0.364 e. The van der Waals surface area contributed by atoms with Crippen molar-refractivity contribution in [1.82, 2.24) is 9.97 Å². The quantitative estimate of drug-likeness (QED) is 0.902. The summed E-state index contributed by atoms with van der Waals surface area (Å²) in [7, 11) is 0. The first-order valence-electron chi connectivity index (χ1n) is 5.57. The number of rotatable bonds is 3. The molecule has 1 aliphatic rings. The lowest BCUT2D eigenvalue weighted by Crippen LogP contribution is -2.34. The summed E-state index contributed by atoms with van der Waals surface area (Å²) >= 11 is 7.92. The average molecular weight is 258 g/mol. The molecule has 0 amide bonds. The predicted octanol–water partition coefficient (Wildman–Crippen LogP) is 3.22. The minimum absolute atomic E-state index is 0.466. The monoisotopic (exact) mass is 257 g/mol. The zero-order valence-corrected chi connectivity index (χ0v) is 10.9. The number of thioether (sulfide) groups is 1. The van der Waals surface area contributed by atoms with E-state index in [1.807, 2.05) is 11.8 Å². The van der Waals surface area contributed by atoms with Gasteiger partial charge in [-0.2, -0.15) is 11.8 Å². The summed E-state index contributed by atoms with van der Waals surface area (Å²) in [6.07, 6.45) is 10.5. The summed E-state index contributed by atoms with van der Waals surface area (Å²) in [6.45, 7) is 0. The van der Waals surface area contributed by atoms with E-state index in [1.165, 1.54) is 25.7 Å². The van der Waals surface area contributed by atoms with Gasteiger partial charge in [-0.1, -0.05) is 24.4 Å². The van der Waals surface area contributed by atoms with E-state index in [0.29, 0.717) is 16.4 Å². The maximum atomic E-state index is 5.99. The van der Waals surface area contributed by atoms with E-state index in [-0.39, 0.29) is 0 Å². The number of aromatic nitrogens is 2. The number of hydrogen-bond acceptors (Lipinski definition) is 4. The first-order chi connectivity index (χ1) is 7.81. The highest BCUT2D eigenvalue weighted by Gasteiger charge is 2.24. The Morgan fingerprint density at radius 1 is 1.31 bits per heavy atom. The van der Waals surface area contributed by atoms with Crippen molar-refractivity contribution in [3.63, 3.8) is 0 Å². The topological polar surface area (TPSA) is 37.8 Å². The Labute approximate surface area is 105 Å². The number of anilines is 1. The van der Waals surface area contributed by atoms with Crippen LogP contribution in [0.5, 0.6) is 0 Å². The molecule has 0 radical (unpaired) electrons. The normalized spacial score (nSPS) is 25.4. The van der Waals surface area contributed by atoms with Crippen LogP contribution in [0.1, 0.15) is 25.7 Å². The SMILES string of the molecule is CSC1CCCCC1Nc1nccnc1Cl. The van der Waals surface area contributed by atoms with Crippen molar-refractivity contribution in [3.05, 3.63) is 17.5 Å². The highest BCUT2D eigenvalue weighted by Crippen LogP contribution is 2.30. The summed E-state index contributed by atoms with van der Waals surface area (Å²) in [5.41, 5.74) is 0. The Kier molecular flexibility index (Phi) is 4.29. The Bertz CT molecular complexity index is 348. The van der Waals surface area contributed by atoms with Crippen LogP contribution in [0.2, 0.25) is 5.15 Å². The molecule has 1 aromatic heterocycles. The first-order valence-corrected chi connectivity index (χ1v) is 7.23. The number of halogens is 1. The molecule has 1 aromatic rings. The van der Waals surface area contributed by atoms with Crippen LogP contribution in [0, 0.1) is 0 Å². The Morgan fingerprint density at radius 2 is 2.06 bits per heavy atom. The molecular formula is C11H16ClN3S. The molecule has 5 heteroatoms. The summed E-state index contributed by atoms with van der Waals surface area (Å²) in [5, 5.41) is 4.55. The molecule has 3 nitrogen and oxygen atoms in total. The third-order valence-corrected chi connectivity index (χ3v) is 4.43. The second-order valence-electron chi connectivity index (χ2n) is 4.01. The fraction of sp³-hybridized carbons (Fsp3) is 0.636. The molecule has 2 atom stereocenters. The van der Waals surface area contributed by atoms with Crippen LogP contribution in [0.4, 0.5) is 5.82 Å². The van der Waals surface area contributed by atoms with Gasteiger partial charge in [0.25, 0.3) is 0 Å². The molecular weight excluding hydrogens is 242 g/mol. The second kappa shape index (κ2) is 5.73. The second-order valence-corrected chi connectivity index (χ2v) is 5.44. The van der Waals surface area contributed by atoms with Gasteiger partial charge in [0.05, 0.1) is 0 Å². The molecule has 0 saturated heterocycles. The lowest BCUT2D eigenvalue weighted by Gasteiger charge is -2.31. The van der Waals surface area contributed by atoms with Crippen molar-refractivity contribution >= 4 is 29.2 Å². The van der Waals surface area contributed by atoms with Gasteiger partial charge in [0, 0.05) is 23.7 Å². The van der Waals surface area contributed by atoms with Crippen molar-refractivity contribution in [1.29, 1.82) is 0 Å². The molecule has 1 aliphatic carbocycles. The standard InChI is InChI=1S/C11H16ClN3S/c1-16-9-5-3-2-4-8(9)15-11-10(12)13-6-7-14-11/h6-9H,2-5H2,1H3,(H,14,15). The van der Waals surface area contributed by atoms with Crippen LogP contribution in [0.15, 0.2) is 12.4 Å². The van der Waals surface area contributed by atoms with Gasteiger partial charge in [0.1, 0.15) is 0 Å². The third-order valence-electron chi connectivity index (χ3n) is 2.98. The molecule has 1 heterocycles. The Morgan fingerprint density at radius 3 is 2.81 bits per heavy atom. The summed E-state index contributed by atoms with van der Waals surface area (Å²) in [5.74, 6) is 0.718. The molecule has 0 spiro atoms. The molecule has 0 bridgehead atoms. The van der Waals surface area contributed by atoms with Crippen LogP contribution < -0.4 is 5.32 Å². The van der Waals surface area contributed by atoms with Crippen LogP contribution in [-0.2, 0) is 0 Å². The van der Waals surface area contributed by atoms with Gasteiger partial charge in [0.15, 0.2) is 11.0 Å². The van der Waals surface area contributed by atoms with Gasteiger partial charge in [-0.25, -0.2) is 9.97 Å². The Balaban J connectivity index is 2.05. The largest absolute Gasteiger partial charge is 0.364 e. The van der Waals surface area contributed by atoms with E-state index in [9.17, 15) is 0 Å². The molecule has 0 aliphatic heterocycles. The smallest absolute Gasteiger partial charge is 0.171 e. The molecule has 16 heavy (non-hydrogen) atoms. The molecule has 2 rings (SSSR count). The zero-order valence-electron chi connectivity index (χ0n) is 9.32. The van der Waals surface area contributed by atoms with Crippen molar-refractivity contribution in [2.45, 2.75) is 37.0 Å². The van der Waals surface area contributed by atoms with Crippen molar-refractivity contribution < 1.29 is 0 Å². The number of nitrogens with zero attached hydrogens (tertiary/aromatic N) is 2. The lowest BCUT2D eigenvalue weighted by molar-refractivity contribution is 0.474. The highest BCUT2D eigenvalue weighted by molar-refractivity contribution is 7.99. The van der Waals surface area contributed by atoms with E-state index in [1.54, 1.807) is 12.4 Å². The summed E-state index contributed by atoms with van der Waals surface area (Å²) in [6, 6.07) is 0.470. The van der Waals surface area contributed by atoms with E-state index in [4.69, 9.17) is 11.6 Å². The summed E-state index contributed by atoms with van der Waals surface area (Å²) in [4.78, 5) is 8.26. The third kappa shape index (κ3) is 2.80. The summed E-state index contributed by atoms with van der Waals surface area (Å²) < 4.78 is 0. The van der Waals surface area contributed by atoms with Gasteiger partial charge in [0.2, 0.25) is 0 Å². The van der Waals surface area contributed by atoms with Crippen LogP contribution in [0.25, 0.3) is 0 Å². The average Bonchev–Trinajstić information content (AvgIpc) is 2.33. The molecule has 1 N–H and O–H groups in total. The van der Waals surface area contributed by atoms with Gasteiger partial charge >= 0.3 is 0 Å². The molecule has 2 unspecified atom stereocenters. The van der Waals surface area contributed by atoms with E-state index < -0.39 is 0 Å². The molecule has 1 saturated carbocycles. The van der Waals surface area contributed by atoms with Gasteiger partial charge in [-0.05, 0) is 19.1 Å². The fourth-order valence-electron chi connectivity index (χ4n) is 2.14. The maximum Gasteiger partial charge on any atom is 0.171 e. The van der Waals surface area contributed by atoms with Crippen molar-refractivity contribution in [2.75, 3.05) is 11.6 Å². The first kappa shape index (κ1) is 12.0. The van der Waals surface area contributed by atoms with E-state index >= 15 is 0 Å². The van der Waals surface area contributed by atoms with Crippen LogP contribution in [0.3, 0.4) is 0 Å². The number of hydrogen-bond donors (Lipinski definition) is 1. The maximum absolute atomic E-state index is 5.99. The van der Waals surface area contributed by atoms with Gasteiger partial charge in [-0.3, -0.25) is 0 Å².